The molecule has 0 saturated carbocycles. The van der Waals surface area contributed by atoms with Crippen LogP contribution in [0, 0.1) is 0 Å². The predicted molar refractivity (Wildman–Crippen MR) is 95.3 cm³/mol. The highest BCUT2D eigenvalue weighted by molar-refractivity contribution is 8.00. The van der Waals surface area contributed by atoms with Crippen molar-refractivity contribution >= 4 is 38.6 Å². The maximum absolute atomic E-state index is 3.63. The Labute approximate surface area is 131 Å². The van der Waals surface area contributed by atoms with E-state index in [1.807, 2.05) is 11.8 Å². The van der Waals surface area contributed by atoms with Crippen LogP contribution in [0.3, 0.4) is 0 Å². The van der Waals surface area contributed by atoms with Gasteiger partial charge in [0.1, 0.15) is 0 Å². The zero-order valence-electron chi connectivity index (χ0n) is 11.8. The Hall–Kier alpha value is -1.97. The van der Waals surface area contributed by atoms with E-state index in [-0.39, 0.29) is 0 Å². The molecule has 102 valence electrons. The molecule has 0 unspecified atom stereocenters. The summed E-state index contributed by atoms with van der Waals surface area (Å²) in [5, 5.41) is 5.06. The van der Waals surface area contributed by atoms with E-state index in [0.717, 1.165) is 10.2 Å². The van der Waals surface area contributed by atoms with E-state index in [0.29, 0.717) is 0 Å². The maximum atomic E-state index is 3.63. The molecule has 0 bridgehead atoms. The minimum absolute atomic E-state index is 1.05. The van der Waals surface area contributed by atoms with Crippen LogP contribution in [0.4, 0.5) is 11.4 Å². The highest BCUT2D eigenvalue weighted by Gasteiger charge is 2.20. The summed E-state index contributed by atoms with van der Waals surface area (Å²) in [5.74, 6) is 0. The number of nitrogens with one attached hydrogen (secondary N) is 1. The van der Waals surface area contributed by atoms with Crippen molar-refractivity contribution in [1.29, 1.82) is 0 Å². The van der Waals surface area contributed by atoms with Crippen molar-refractivity contribution in [2.75, 3.05) is 5.32 Å². The summed E-state index contributed by atoms with van der Waals surface area (Å²) in [6, 6.07) is 23.7. The molecular weight excluding hydrogens is 290 g/mol. The fraction of sp³-hybridized carbons (Fsp3) is 0. The van der Waals surface area contributed by atoms with E-state index >= 15 is 0 Å². The number of fused-ring (bicyclic) bond motifs is 2. The zero-order chi connectivity index (χ0) is 14.2. The summed E-state index contributed by atoms with van der Waals surface area (Å²) in [5.41, 5.74) is 5.12. The Bertz CT molecular complexity index is 815. The first kappa shape index (κ1) is 12.7. The van der Waals surface area contributed by atoms with E-state index in [2.05, 4.69) is 72.0 Å². The second kappa shape index (κ2) is 5.10. The minimum atomic E-state index is 1.05. The first-order valence-electron chi connectivity index (χ1n) is 7.06. The second-order valence-electron chi connectivity index (χ2n) is 5.22. The molecule has 0 radical (unpaired) electrons. The summed E-state index contributed by atoms with van der Waals surface area (Å²) in [6.45, 7) is 0. The average Bonchev–Trinajstić information content (AvgIpc) is 2.55. The van der Waals surface area contributed by atoms with Gasteiger partial charge in [-0.2, -0.15) is 0 Å². The molecular formula is C18H15NSSi. The molecule has 1 aliphatic heterocycles. The van der Waals surface area contributed by atoms with Gasteiger partial charge in [0.25, 0.3) is 0 Å². The van der Waals surface area contributed by atoms with Crippen LogP contribution in [0.2, 0.25) is 0 Å². The molecule has 0 amide bonds. The molecule has 3 aromatic carbocycles. The van der Waals surface area contributed by atoms with E-state index in [1.165, 1.54) is 37.5 Å². The number of para-hydroxylation sites is 1. The van der Waals surface area contributed by atoms with Gasteiger partial charge in [-0.25, -0.2) is 0 Å². The van der Waals surface area contributed by atoms with Gasteiger partial charge in [0.15, 0.2) is 0 Å². The van der Waals surface area contributed by atoms with Gasteiger partial charge in [0.05, 0.1) is 11.4 Å². The molecule has 0 fully saturated rings. The lowest BCUT2D eigenvalue weighted by Gasteiger charge is -2.25. The monoisotopic (exact) mass is 305 g/mol. The standard InChI is InChI=1S/C18H15NSSi/c21-16-11-10-13(12-6-2-1-3-7-12)18-17(16)19-14-8-4-5-9-15(14)20-18/h1-11,19H,21H3. The van der Waals surface area contributed by atoms with Crippen LogP contribution in [0.1, 0.15) is 0 Å². The summed E-state index contributed by atoms with van der Waals surface area (Å²) >= 11 is 1.88. The van der Waals surface area contributed by atoms with Gasteiger partial charge in [-0.1, -0.05) is 66.4 Å². The summed E-state index contributed by atoms with van der Waals surface area (Å²) < 4.78 is 0. The fourth-order valence-electron chi connectivity index (χ4n) is 2.69. The van der Waals surface area contributed by atoms with Crippen LogP contribution in [0.25, 0.3) is 11.1 Å². The Morgan fingerprint density at radius 3 is 2.43 bits per heavy atom. The molecule has 1 nitrogen and oxygen atoms in total. The van der Waals surface area contributed by atoms with Crippen LogP contribution in [0.15, 0.2) is 76.5 Å². The fourth-order valence-corrected chi connectivity index (χ4v) is 4.62. The average molecular weight is 305 g/mol. The topological polar surface area (TPSA) is 12.0 Å². The van der Waals surface area contributed by atoms with Crippen LogP contribution in [0.5, 0.6) is 0 Å². The lowest BCUT2D eigenvalue weighted by Crippen LogP contribution is -2.14. The molecule has 0 atom stereocenters. The first-order valence-corrected chi connectivity index (χ1v) is 8.87. The van der Waals surface area contributed by atoms with Crippen LogP contribution >= 0.6 is 11.8 Å². The number of hydrogen-bond donors (Lipinski definition) is 1. The SMILES string of the molecule is [SiH3]c1ccc(-c2ccccc2)c2c1Nc1ccccc1S2. The van der Waals surface area contributed by atoms with Crippen molar-refractivity contribution in [3.05, 3.63) is 66.7 Å². The molecule has 4 rings (SSSR count). The molecule has 0 saturated heterocycles. The second-order valence-corrected chi connectivity index (χ2v) is 7.35. The molecule has 1 aliphatic rings. The molecule has 3 aromatic rings. The van der Waals surface area contributed by atoms with Crippen LogP contribution < -0.4 is 10.5 Å². The third kappa shape index (κ3) is 2.19. The Kier molecular flexibility index (Phi) is 3.09. The normalized spacial score (nSPS) is 12.4. The van der Waals surface area contributed by atoms with Gasteiger partial charge in [-0.15, -0.1) is 0 Å². The van der Waals surface area contributed by atoms with Gasteiger partial charge in [-0.05, 0) is 28.4 Å². The van der Waals surface area contributed by atoms with Crippen molar-refractivity contribution in [3.63, 3.8) is 0 Å². The van der Waals surface area contributed by atoms with Gasteiger partial charge in [0, 0.05) is 20.0 Å². The van der Waals surface area contributed by atoms with Crippen molar-refractivity contribution in [1.82, 2.24) is 0 Å². The summed E-state index contributed by atoms with van der Waals surface area (Å²) in [7, 11) is 1.05. The van der Waals surface area contributed by atoms with Crippen LogP contribution in [-0.4, -0.2) is 10.2 Å². The van der Waals surface area contributed by atoms with Crippen LogP contribution in [-0.2, 0) is 0 Å². The minimum Gasteiger partial charge on any atom is -0.354 e. The third-order valence-corrected chi connectivity index (χ3v) is 5.85. The number of hydrogen-bond acceptors (Lipinski definition) is 2. The van der Waals surface area contributed by atoms with Crippen molar-refractivity contribution < 1.29 is 0 Å². The Morgan fingerprint density at radius 2 is 1.57 bits per heavy atom. The van der Waals surface area contributed by atoms with Gasteiger partial charge < -0.3 is 5.32 Å². The molecule has 1 heterocycles. The lowest BCUT2D eigenvalue weighted by molar-refractivity contribution is 1.33. The summed E-state index contributed by atoms with van der Waals surface area (Å²) in [6.07, 6.45) is 0. The lowest BCUT2D eigenvalue weighted by atomic mass is 10.0. The third-order valence-electron chi connectivity index (χ3n) is 3.81. The molecule has 3 heteroatoms. The van der Waals surface area contributed by atoms with Crippen molar-refractivity contribution in [2.45, 2.75) is 9.79 Å². The molecule has 0 spiro atoms. The van der Waals surface area contributed by atoms with E-state index in [4.69, 9.17) is 0 Å². The van der Waals surface area contributed by atoms with Gasteiger partial charge >= 0.3 is 0 Å². The highest BCUT2D eigenvalue weighted by atomic mass is 32.2. The summed E-state index contributed by atoms with van der Waals surface area (Å²) in [4.78, 5) is 2.65. The quantitative estimate of drug-likeness (QED) is 0.540. The number of benzene rings is 3. The van der Waals surface area contributed by atoms with Gasteiger partial charge in [0.2, 0.25) is 0 Å². The van der Waals surface area contributed by atoms with E-state index < -0.39 is 0 Å². The highest BCUT2D eigenvalue weighted by Crippen LogP contribution is 2.47. The molecule has 1 N–H and O–H groups in total. The predicted octanol–water partition coefficient (Wildman–Crippen LogP) is 3.55. The molecule has 0 aromatic heterocycles. The van der Waals surface area contributed by atoms with E-state index in [1.54, 1.807) is 0 Å². The zero-order valence-corrected chi connectivity index (χ0v) is 14.6. The maximum Gasteiger partial charge on any atom is 0.0526 e. The van der Waals surface area contributed by atoms with Crippen molar-refractivity contribution in [2.24, 2.45) is 0 Å². The molecule has 21 heavy (non-hydrogen) atoms. The van der Waals surface area contributed by atoms with Gasteiger partial charge in [-0.3, -0.25) is 0 Å². The number of anilines is 2. The largest absolute Gasteiger partial charge is 0.354 e. The first-order chi connectivity index (χ1) is 10.3. The number of rotatable bonds is 1. The van der Waals surface area contributed by atoms with Crippen molar-refractivity contribution in [3.8, 4) is 11.1 Å². The Morgan fingerprint density at radius 1 is 0.810 bits per heavy atom. The Balaban J connectivity index is 1.91. The molecule has 0 aliphatic carbocycles. The smallest absolute Gasteiger partial charge is 0.0526 e. The van der Waals surface area contributed by atoms with E-state index in [9.17, 15) is 0 Å².